The van der Waals surface area contributed by atoms with Crippen LogP contribution in [0.15, 0.2) is 140 Å². The molecule has 0 amide bonds. The second-order valence-electron chi connectivity index (χ2n) is 9.77. The van der Waals surface area contributed by atoms with Crippen LogP contribution in [0.1, 0.15) is 5.56 Å². The van der Waals surface area contributed by atoms with Crippen molar-refractivity contribution in [3.05, 3.63) is 145 Å². The molecule has 0 spiro atoms. The lowest BCUT2D eigenvalue weighted by Gasteiger charge is -2.12. The van der Waals surface area contributed by atoms with Crippen LogP contribution in [-0.2, 0) is 0 Å². The summed E-state index contributed by atoms with van der Waals surface area (Å²) in [6.45, 7) is 0.845. The zero-order valence-electron chi connectivity index (χ0n) is 21.8. The van der Waals surface area contributed by atoms with Crippen LogP contribution in [0, 0.1) is 0 Å². The highest BCUT2D eigenvalue weighted by Crippen LogP contribution is 2.31. The number of hydrogen-bond donors (Lipinski definition) is 1. The van der Waals surface area contributed by atoms with Crippen LogP contribution in [0.2, 0.25) is 0 Å². The Morgan fingerprint density at radius 2 is 1.12 bits per heavy atom. The number of dihydropyridines is 1. The summed E-state index contributed by atoms with van der Waals surface area (Å²) in [7, 11) is 0. The summed E-state index contributed by atoms with van der Waals surface area (Å²) < 4.78 is 0. The monoisotopic (exact) mass is 514 g/mol. The molecule has 40 heavy (non-hydrogen) atoms. The SMILES string of the molecule is C1=CC(c2cccc(-c3nc(-c4ccc(-c5ccccc5)cc4)nc(-c4cccc5ccccc45)n3)c2)=CNC1. The van der Waals surface area contributed by atoms with Gasteiger partial charge in [0.15, 0.2) is 17.5 Å². The Bertz CT molecular complexity index is 1880. The normalized spacial score (nSPS) is 12.7. The van der Waals surface area contributed by atoms with Gasteiger partial charge in [-0.3, -0.25) is 0 Å². The Morgan fingerprint density at radius 1 is 0.500 bits per heavy atom. The molecule has 6 aromatic rings. The van der Waals surface area contributed by atoms with Gasteiger partial charge in [-0.2, -0.15) is 0 Å². The number of hydrogen-bond acceptors (Lipinski definition) is 4. The van der Waals surface area contributed by atoms with Crippen molar-refractivity contribution in [2.75, 3.05) is 6.54 Å². The van der Waals surface area contributed by atoms with Crippen molar-refractivity contribution in [2.45, 2.75) is 0 Å². The van der Waals surface area contributed by atoms with Gasteiger partial charge in [0.1, 0.15) is 0 Å². The highest BCUT2D eigenvalue weighted by molar-refractivity contribution is 5.95. The first kappa shape index (κ1) is 23.7. The average molecular weight is 515 g/mol. The third kappa shape index (κ3) is 4.67. The molecule has 190 valence electrons. The number of nitrogens with one attached hydrogen (secondary N) is 1. The molecule has 0 fully saturated rings. The quantitative estimate of drug-likeness (QED) is 0.252. The Balaban J connectivity index is 1.38. The lowest BCUT2D eigenvalue weighted by molar-refractivity contribution is 0.976. The predicted molar refractivity (Wildman–Crippen MR) is 164 cm³/mol. The van der Waals surface area contributed by atoms with Gasteiger partial charge >= 0.3 is 0 Å². The maximum Gasteiger partial charge on any atom is 0.164 e. The van der Waals surface area contributed by atoms with Gasteiger partial charge in [0.25, 0.3) is 0 Å². The molecule has 5 aromatic carbocycles. The van der Waals surface area contributed by atoms with Gasteiger partial charge in [0, 0.05) is 29.4 Å². The zero-order chi connectivity index (χ0) is 26.7. The molecule has 0 bridgehead atoms. The molecule has 0 radical (unpaired) electrons. The fraction of sp³-hybridized carbons (Fsp3) is 0.0278. The van der Waals surface area contributed by atoms with E-state index >= 15 is 0 Å². The Morgan fingerprint density at radius 3 is 1.95 bits per heavy atom. The van der Waals surface area contributed by atoms with E-state index in [-0.39, 0.29) is 0 Å². The largest absolute Gasteiger partial charge is 0.387 e. The number of nitrogens with zero attached hydrogens (tertiary/aromatic N) is 3. The molecule has 4 nitrogen and oxygen atoms in total. The molecule has 0 saturated heterocycles. The summed E-state index contributed by atoms with van der Waals surface area (Å²) >= 11 is 0. The van der Waals surface area contributed by atoms with Gasteiger partial charge in [-0.25, -0.2) is 15.0 Å². The standard InChI is InChI=1S/C36H26N4/c1-2-9-25(10-3-1)26-18-20-28(21-19-26)34-38-35(30-14-6-13-29(23-30)31-15-8-22-37-24-31)40-36(39-34)33-17-7-12-27-11-4-5-16-32(27)33/h1-21,23-24,37H,22H2. The lowest BCUT2D eigenvalue weighted by Crippen LogP contribution is -2.08. The topological polar surface area (TPSA) is 50.7 Å². The first-order valence-electron chi connectivity index (χ1n) is 13.4. The van der Waals surface area contributed by atoms with Gasteiger partial charge < -0.3 is 5.32 Å². The number of rotatable bonds is 5. The highest BCUT2D eigenvalue weighted by Gasteiger charge is 2.15. The summed E-state index contributed by atoms with van der Waals surface area (Å²) in [5, 5.41) is 5.57. The molecule has 1 aromatic heterocycles. The molecular formula is C36H26N4. The second kappa shape index (κ2) is 10.4. The molecule has 0 atom stereocenters. The molecule has 7 rings (SSSR count). The minimum Gasteiger partial charge on any atom is -0.387 e. The summed E-state index contributed by atoms with van der Waals surface area (Å²) in [5.41, 5.74) is 7.46. The summed E-state index contributed by atoms with van der Waals surface area (Å²) in [6.07, 6.45) is 6.32. The minimum absolute atomic E-state index is 0.648. The predicted octanol–water partition coefficient (Wildman–Crippen LogP) is 8.19. The molecule has 1 aliphatic heterocycles. The van der Waals surface area contributed by atoms with E-state index in [2.05, 4.69) is 133 Å². The van der Waals surface area contributed by atoms with Crippen molar-refractivity contribution in [1.29, 1.82) is 0 Å². The van der Waals surface area contributed by atoms with E-state index in [1.807, 2.05) is 12.3 Å². The molecule has 0 unspecified atom stereocenters. The smallest absolute Gasteiger partial charge is 0.164 e. The number of fused-ring (bicyclic) bond motifs is 1. The fourth-order valence-corrected chi connectivity index (χ4v) is 5.11. The number of aromatic nitrogens is 3. The Hall–Kier alpha value is -5.35. The maximum absolute atomic E-state index is 5.03. The Kier molecular flexibility index (Phi) is 6.19. The number of benzene rings is 5. The fourth-order valence-electron chi connectivity index (χ4n) is 5.11. The van der Waals surface area contributed by atoms with E-state index in [1.54, 1.807) is 0 Å². The van der Waals surface area contributed by atoms with Crippen LogP contribution in [-0.4, -0.2) is 21.5 Å². The molecular weight excluding hydrogens is 488 g/mol. The molecule has 2 heterocycles. The molecule has 0 saturated carbocycles. The summed E-state index contributed by atoms with van der Waals surface area (Å²) in [4.78, 5) is 15.0. The van der Waals surface area contributed by atoms with Gasteiger partial charge in [-0.05, 0) is 39.1 Å². The third-order valence-corrected chi connectivity index (χ3v) is 7.16. The van der Waals surface area contributed by atoms with E-state index in [4.69, 9.17) is 15.0 Å². The van der Waals surface area contributed by atoms with E-state index in [9.17, 15) is 0 Å². The van der Waals surface area contributed by atoms with Crippen molar-refractivity contribution in [3.63, 3.8) is 0 Å². The van der Waals surface area contributed by atoms with E-state index in [0.29, 0.717) is 17.5 Å². The average Bonchev–Trinajstić information content (AvgIpc) is 3.05. The third-order valence-electron chi connectivity index (χ3n) is 7.16. The van der Waals surface area contributed by atoms with E-state index in [1.165, 1.54) is 5.56 Å². The zero-order valence-corrected chi connectivity index (χ0v) is 21.8. The first-order valence-corrected chi connectivity index (χ1v) is 13.4. The van der Waals surface area contributed by atoms with Crippen LogP contribution < -0.4 is 5.32 Å². The molecule has 0 aliphatic carbocycles. The lowest BCUT2D eigenvalue weighted by atomic mass is 10.0. The van der Waals surface area contributed by atoms with Crippen LogP contribution in [0.4, 0.5) is 0 Å². The maximum atomic E-state index is 5.03. The second-order valence-corrected chi connectivity index (χ2v) is 9.77. The van der Waals surface area contributed by atoms with Crippen LogP contribution in [0.25, 0.3) is 61.6 Å². The summed E-state index contributed by atoms with van der Waals surface area (Å²) in [6, 6.07) is 41.8. The van der Waals surface area contributed by atoms with Crippen molar-refractivity contribution in [3.8, 4) is 45.3 Å². The molecule has 1 aliphatic rings. The summed E-state index contributed by atoms with van der Waals surface area (Å²) in [5.74, 6) is 1.96. The number of allylic oxidation sites excluding steroid dienone is 2. The minimum atomic E-state index is 0.648. The molecule has 4 heteroatoms. The van der Waals surface area contributed by atoms with Gasteiger partial charge in [0.2, 0.25) is 0 Å². The van der Waals surface area contributed by atoms with Crippen molar-refractivity contribution >= 4 is 16.3 Å². The Labute approximate surface area is 233 Å². The van der Waals surface area contributed by atoms with Crippen LogP contribution in [0.5, 0.6) is 0 Å². The van der Waals surface area contributed by atoms with Crippen molar-refractivity contribution < 1.29 is 0 Å². The van der Waals surface area contributed by atoms with Gasteiger partial charge in [-0.15, -0.1) is 0 Å². The first-order chi connectivity index (χ1) is 19.8. The van der Waals surface area contributed by atoms with Crippen LogP contribution in [0.3, 0.4) is 0 Å². The van der Waals surface area contributed by atoms with E-state index in [0.717, 1.165) is 50.7 Å². The van der Waals surface area contributed by atoms with Gasteiger partial charge in [0.05, 0.1) is 0 Å². The van der Waals surface area contributed by atoms with Gasteiger partial charge in [-0.1, -0.05) is 127 Å². The highest BCUT2D eigenvalue weighted by atomic mass is 15.0. The van der Waals surface area contributed by atoms with Crippen molar-refractivity contribution in [1.82, 2.24) is 20.3 Å². The molecule has 1 N–H and O–H groups in total. The van der Waals surface area contributed by atoms with Crippen LogP contribution >= 0.6 is 0 Å². The van der Waals surface area contributed by atoms with E-state index < -0.39 is 0 Å². The van der Waals surface area contributed by atoms with Crippen molar-refractivity contribution in [2.24, 2.45) is 0 Å².